The Kier molecular flexibility index (Phi) is 5.96. The average Bonchev–Trinajstić information content (AvgIpc) is 3.09. The minimum Gasteiger partial charge on any atom is -0.358 e. The van der Waals surface area contributed by atoms with Crippen LogP contribution in [-0.4, -0.2) is 46.9 Å². The van der Waals surface area contributed by atoms with E-state index in [2.05, 4.69) is 15.7 Å². The van der Waals surface area contributed by atoms with Crippen LogP contribution in [0.2, 0.25) is 0 Å². The molecule has 0 bridgehead atoms. The SMILES string of the molecule is C[C@H](NS(C)(=O)=O)[C@H](c1cccs1)[NH+]1CCN(c2ccccc2F)CC1. The van der Waals surface area contributed by atoms with Gasteiger partial charge in [-0.15, -0.1) is 11.3 Å². The van der Waals surface area contributed by atoms with Crippen molar-refractivity contribution < 1.29 is 17.7 Å². The highest BCUT2D eigenvalue weighted by Crippen LogP contribution is 2.22. The number of nitrogens with zero attached hydrogens (tertiary/aromatic N) is 1. The fraction of sp³-hybridized carbons (Fsp3) is 0.444. The number of sulfonamides is 1. The smallest absolute Gasteiger partial charge is 0.209 e. The Labute approximate surface area is 158 Å². The molecule has 1 aliphatic rings. The number of para-hydroxylation sites is 1. The average molecular weight is 399 g/mol. The summed E-state index contributed by atoms with van der Waals surface area (Å²) in [5, 5.41) is 2.02. The lowest BCUT2D eigenvalue weighted by molar-refractivity contribution is -0.933. The van der Waals surface area contributed by atoms with E-state index in [1.807, 2.05) is 30.5 Å². The highest BCUT2D eigenvalue weighted by Gasteiger charge is 2.35. The van der Waals surface area contributed by atoms with Gasteiger partial charge in [-0.05, 0) is 30.5 Å². The number of halogens is 1. The number of anilines is 1. The summed E-state index contributed by atoms with van der Waals surface area (Å²) in [6, 6.07) is 10.7. The molecule has 2 heterocycles. The number of hydrogen-bond donors (Lipinski definition) is 2. The Hall–Kier alpha value is -1.48. The fourth-order valence-electron chi connectivity index (χ4n) is 3.73. The molecule has 1 aliphatic heterocycles. The summed E-state index contributed by atoms with van der Waals surface area (Å²) in [6.07, 6.45) is 1.19. The molecule has 3 rings (SSSR count). The highest BCUT2D eigenvalue weighted by molar-refractivity contribution is 7.88. The van der Waals surface area contributed by atoms with E-state index in [0.29, 0.717) is 5.69 Å². The zero-order valence-electron chi connectivity index (χ0n) is 15.0. The molecule has 0 amide bonds. The van der Waals surface area contributed by atoms with Crippen LogP contribution in [0, 0.1) is 5.82 Å². The predicted molar refractivity (Wildman–Crippen MR) is 104 cm³/mol. The van der Waals surface area contributed by atoms with Crippen LogP contribution in [0.4, 0.5) is 10.1 Å². The van der Waals surface area contributed by atoms with Gasteiger partial charge in [0.05, 0.1) is 49.0 Å². The minimum atomic E-state index is -3.28. The van der Waals surface area contributed by atoms with Gasteiger partial charge < -0.3 is 9.80 Å². The van der Waals surface area contributed by atoms with Crippen LogP contribution < -0.4 is 14.5 Å². The Balaban J connectivity index is 1.74. The summed E-state index contributed by atoms with van der Waals surface area (Å²) in [7, 11) is -3.28. The Morgan fingerprint density at radius 1 is 1.19 bits per heavy atom. The third-order valence-electron chi connectivity index (χ3n) is 4.79. The molecule has 0 saturated carbocycles. The molecule has 0 aliphatic carbocycles. The molecule has 0 spiro atoms. The Morgan fingerprint density at radius 2 is 1.88 bits per heavy atom. The van der Waals surface area contributed by atoms with Gasteiger partial charge in [-0.2, -0.15) is 0 Å². The number of piperazine rings is 1. The molecule has 2 N–H and O–H groups in total. The van der Waals surface area contributed by atoms with E-state index in [-0.39, 0.29) is 17.9 Å². The number of thiophene rings is 1. The zero-order valence-corrected chi connectivity index (χ0v) is 16.6. The molecule has 0 unspecified atom stereocenters. The second-order valence-electron chi connectivity index (χ2n) is 6.77. The summed E-state index contributed by atoms with van der Waals surface area (Å²) >= 11 is 1.65. The van der Waals surface area contributed by atoms with Gasteiger partial charge >= 0.3 is 0 Å². The van der Waals surface area contributed by atoms with Crippen LogP contribution >= 0.6 is 11.3 Å². The van der Waals surface area contributed by atoms with E-state index in [9.17, 15) is 12.8 Å². The van der Waals surface area contributed by atoms with Gasteiger partial charge in [0.25, 0.3) is 0 Å². The highest BCUT2D eigenvalue weighted by atomic mass is 32.2. The van der Waals surface area contributed by atoms with Gasteiger partial charge in [-0.25, -0.2) is 17.5 Å². The van der Waals surface area contributed by atoms with Gasteiger partial charge in [-0.3, -0.25) is 0 Å². The summed E-state index contributed by atoms with van der Waals surface area (Å²) < 4.78 is 40.2. The lowest BCUT2D eigenvalue weighted by Gasteiger charge is -2.39. The maximum atomic E-state index is 14.0. The number of rotatable bonds is 6. The van der Waals surface area contributed by atoms with Crippen molar-refractivity contribution in [1.82, 2.24) is 4.72 Å². The molecule has 1 fully saturated rings. The van der Waals surface area contributed by atoms with Crippen molar-refractivity contribution in [3.05, 3.63) is 52.5 Å². The minimum absolute atomic E-state index is 0.0486. The van der Waals surface area contributed by atoms with E-state index in [4.69, 9.17) is 0 Å². The Morgan fingerprint density at radius 3 is 2.46 bits per heavy atom. The molecule has 26 heavy (non-hydrogen) atoms. The van der Waals surface area contributed by atoms with Crippen molar-refractivity contribution in [3.8, 4) is 0 Å². The van der Waals surface area contributed by atoms with Crippen molar-refractivity contribution in [2.45, 2.75) is 19.0 Å². The molecule has 1 aromatic heterocycles. The van der Waals surface area contributed by atoms with Crippen molar-refractivity contribution in [1.29, 1.82) is 0 Å². The van der Waals surface area contributed by atoms with Crippen LogP contribution in [0.1, 0.15) is 17.8 Å². The lowest BCUT2D eigenvalue weighted by Crippen LogP contribution is -3.16. The topological polar surface area (TPSA) is 53.9 Å². The molecule has 5 nitrogen and oxygen atoms in total. The van der Waals surface area contributed by atoms with E-state index in [1.165, 1.54) is 22.1 Å². The van der Waals surface area contributed by atoms with E-state index in [0.717, 1.165) is 26.2 Å². The van der Waals surface area contributed by atoms with Crippen molar-refractivity contribution >= 4 is 27.0 Å². The van der Waals surface area contributed by atoms with Gasteiger partial charge in [-0.1, -0.05) is 18.2 Å². The third kappa shape index (κ3) is 4.62. The first kappa shape index (κ1) is 19.3. The monoisotopic (exact) mass is 398 g/mol. The molecule has 1 aromatic carbocycles. The fourth-order valence-corrected chi connectivity index (χ4v) is 5.53. The molecule has 2 aromatic rings. The van der Waals surface area contributed by atoms with Crippen LogP contribution in [0.5, 0.6) is 0 Å². The molecule has 0 radical (unpaired) electrons. The second kappa shape index (κ2) is 8.04. The van der Waals surface area contributed by atoms with Gasteiger partial charge in [0.2, 0.25) is 10.0 Å². The van der Waals surface area contributed by atoms with Crippen molar-refractivity contribution in [2.75, 3.05) is 37.3 Å². The quantitative estimate of drug-likeness (QED) is 0.771. The molecule has 8 heteroatoms. The van der Waals surface area contributed by atoms with E-state index >= 15 is 0 Å². The number of quaternary nitrogens is 1. The molecular formula is C18H25FN3O2S2+. The first-order valence-corrected chi connectivity index (χ1v) is 11.5. The van der Waals surface area contributed by atoms with E-state index in [1.54, 1.807) is 17.4 Å². The van der Waals surface area contributed by atoms with Crippen LogP contribution in [0.25, 0.3) is 0 Å². The second-order valence-corrected chi connectivity index (χ2v) is 9.53. The molecular weight excluding hydrogens is 373 g/mol. The third-order valence-corrected chi connectivity index (χ3v) is 6.54. The summed E-state index contributed by atoms with van der Waals surface area (Å²) in [5.41, 5.74) is 0.640. The van der Waals surface area contributed by atoms with Gasteiger partial charge in [0, 0.05) is 0 Å². The maximum absolute atomic E-state index is 14.0. The maximum Gasteiger partial charge on any atom is 0.209 e. The number of benzene rings is 1. The summed E-state index contributed by atoms with van der Waals surface area (Å²) in [4.78, 5) is 4.56. The largest absolute Gasteiger partial charge is 0.358 e. The standard InChI is InChI=1S/C18H24FN3O2S2/c1-14(20-26(2,23)24)18(17-8-5-13-25-17)22-11-9-21(10-12-22)16-7-4-3-6-15(16)19/h3-8,13-14,18,20H,9-12H2,1-2H3/p+1/t14-,18+/m0/s1. The molecule has 2 atom stereocenters. The zero-order chi connectivity index (χ0) is 18.7. The summed E-state index contributed by atoms with van der Waals surface area (Å²) in [6.45, 7) is 5.05. The number of hydrogen-bond acceptors (Lipinski definition) is 4. The van der Waals surface area contributed by atoms with E-state index < -0.39 is 10.0 Å². The van der Waals surface area contributed by atoms with Crippen molar-refractivity contribution in [2.24, 2.45) is 0 Å². The summed E-state index contributed by atoms with van der Waals surface area (Å²) in [5.74, 6) is -0.196. The normalized spacial score (nSPS) is 18.7. The van der Waals surface area contributed by atoms with Crippen LogP contribution in [0.3, 0.4) is 0 Å². The lowest BCUT2D eigenvalue weighted by atomic mass is 10.1. The van der Waals surface area contributed by atoms with Crippen molar-refractivity contribution in [3.63, 3.8) is 0 Å². The first-order valence-electron chi connectivity index (χ1n) is 8.70. The predicted octanol–water partition coefficient (Wildman–Crippen LogP) is 1.27. The number of nitrogens with one attached hydrogen (secondary N) is 2. The molecule has 1 saturated heterocycles. The van der Waals surface area contributed by atoms with Gasteiger partial charge in [0.15, 0.2) is 0 Å². The Bertz CT molecular complexity index is 819. The van der Waals surface area contributed by atoms with Crippen LogP contribution in [0.15, 0.2) is 41.8 Å². The first-order chi connectivity index (χ1) is 12.3. The van der Waals surface area contributed by atoms with Gasteiger partial charge in [0.1, 0.15) is 11.9 Å². The molecule has 142 valence electrons. The van der Waals surface area contributed by atoms with Crippen LogP contribution in [-0.2, 0) is 10.0 Å².